The van der Waals surface area contributed by atoms with Crippen molar-refractivity contribution < 1.29 is 4.74 Å². The summed E-state index contributed by atoms with van der Waals surface area (Å²) >= 11 is 0. The Morgan fingerprint density at radius 3 is 2.08 bits per heavy atom. The maximum absolute atomic E-state index is 8.85. The molecule has 25 heavy (non-hydrogen) atoms. The second-order valence-electron chi connectivity index (χ2n) is 6.78. The number of rotatable bonds is 10. The number of nitrogens with zero attached hydrogens (tertiary/aromatic N) is 1. The molecular formula is C23H29NO. The van der Waals surface area contributed by atoms with Gasteiger partial charge in [0.1, 0.15) is 5.75 Å². The van der Waals surface area contributed by atoms with Crippen LogP contribution in [-0.2, 0) is 0 Å². The van der Waals surface area contributed by atoms with Crippen LogP contribution in [-0.4, -0.2) is 6.61 Å². The molecule has 0 saturated carbocycles. The van der Waals surface area contributed by atoms with E-state index in [2.05, 4.69) is 32.0 Å². The SMILES string of the molecule is CC[C@@H](C)CCCCCCOc1ccc(-c2ccc(C#N)cc2)cc1. The van der Waals surface area contributed by atoms with Crippen LogP contribution in [0.3, 0.4) is 0 Å². The summed E-state index contributed by atoms with van der Waals surface area (Å²) in [5.74, 6) is 1.79. The Hall–Kier alpha value is -2.27. The lowest BCUT2D eigenvalue weighted by Crippen LogP contribution is -1.98. The first-order chi connectivity index (χ1) is 12.2. The fourth-order valence-corrected chi connectivity index (χ4v) is 2.82. The van der Waals surface area contributed by atoms with Gasteiger partial charge in [-0.3, -0.25) is 0 Å². The van der Waals surface area contributed by atoms with Crippen LogP contribution in [0.2, 0.25) is 0 Å². The molecule has 0 aliphatic heterocycles. The summed E-state index contributed by atoms with van der Waals surface area (Å²) in [5, 5.41) is 8.85. The Morgan fingerprint density at radius 1 is 0.880 bits per heavy atom. The van der Waals surface area contributed by atoms with Crippen LogP contribution < -0.4 is 4.74 Å². The van der Waals surface area contributed by atoms with Gasteiger partial charge in [0.05, 0.1) is 18.2 Å². The smallest absolute Gasteiger partial charge is 0.119 e. The molecule has 0 spiro atoms. The molecule has 0 N–H and O–H groups in total. The molecule has 1 atom stereocenters. The summed E-state index contributed by atoms with van der Waals surface area (Å²) in [5.41, 5.74) is 2.95. The Morgan fingerprint density at radius 2 is 1.48 bits per heavy atom. The zero-order valence-electron chi connectivity index (χ0n) is 15.5. The average molecular weight is 335 g/mol. The van der Waals surface area contributed by atoms with Gasteiger partial charge in [-0.25, -0.2) is 0 Å². The summed E-state index contributed by atoms with van der Waals surface area (Å²) in [6, 6.07) is 18.0. The molecule has 0 aliphatic carbocycles. The van der Waals surface area contributed by atoms with Crippen molar-refractivity contribution in [2.75, 3.05) is 6.61 Å². The van der Waals surface area contributed by atoms with E-state index in [1.165, 1.54) is 32.1 Å². The molecule has 0 saturated heterocycles. The molecule has 2 aromatic rings. The maximum atomic E-state index is 8.85. The van der Waals surface area contributed by atoms with E-state index in [4.69, 9.17) is 10.00 Å². The third kappa shape index (κ3) is 6.63. The van der Waals surface area contributed by atoms with Crippen LogP contribution in [0.4, 0.5) is 0 Å². The predicted octanol–water partition coefficient (Wildman–Crippen LogP) is 6.60. The van der Waals surface area contributed by atoms with Crippen LogP contribution in [0.25, 0.3) is 11.1 Å². The molecule has 0 bridgehead atoms. The number of hydrogen-bond acceptors (Lipinski definition) is 2. The highest BCUT2D eigenvalue weighted by molar-refractivity contribution is 5.64. The van der Waals surface area contributed by atoms with Crippen LogP contribution in [0.15, 0.2) is 48.5 Å². The molecule has 2 aromatic carbocycles. The molecule has 0 radical (unpaired) electrons. The van der Waals surface area contributed by atoms with E-state index in [-0.39, 0.29) is 0 Å². The second kappa shape index (κ2) is 10.6. The fourth-order valence-electron chi connectivity index (χ4n) is 2.82. The van der Waals surface area contributed by atoms with Crippen LogP contribution in [0, 0.1) is 17.2 Å². The largest absolute Gasteiger partial charge is 0.494 e. The Balaban J connectivity index is 1.69. The summed E-state index contributed by atoms with van der Waals surface area (Å²) in [6.07, 6.45) is 7.67. The van der Waals surface area contributed by atoms with Crippen molar-refractivity contribution in [3.63, 3.8) is 0 Å². The maximum Gasteiger partial charge on any atom is 0.119 e. The lowest BCUT2D eigenvalue weighted by atomic mass is 10.0. The Kier molecular flexibility index (Phi) is 8.05. The number of ether oxygens (including phenoxy) is 1. The summed E-state index contributed by atoms with van der Waals surface area (Å²) < 4.78 is 5.84. The minimum Gasteiger partial charge on any atom is -0.494 e. The van der Waals surface area contributed by atoms with Gasteiger partial charge < -0.3 is 4.74 Å². The van der Waals surface area contributed by atoms with Crippen molar-refractivity contribution in [1.82, 2.24) is 0 Å². The van der Waals surface area contributed by atoms with Crippen molar-refractivity contribution in [2.45, 2.75) is 52.4 Å². The monoisotopic (exact) mass is 335 g/mol. The van der Waals surface area contributed by atoms with E-state index < -0.39 is 0 Å². The molecule has 0 amide bonds. The van der Waals surface area contributed by atoms with Crippen molar-refractivity contribution >= 4 is 0 Å². The van der Waals surface area contributed by atoms with E-state index in [1.54, 1.807) is 0 Å². The highest BCUT2D eigenvalue weighted by atomic mass is 16.5. The van der Waals surface area contributed by atoms with E-state index in [1.807, 2.05) is 36.4 Å². The molecule has 2 heteroatoms. The lowest BCUT2D eigenvalue weighted by molar-refractivity contribution is 0.303. The third-order valence-electron chi connectivity index (χ3n) is 4.76. The van der Waals surface area contributed by atoms with Crippen LogP contribution in [0.5, 0.6) is 5.75 Å². The highest BCUT2D eigenvalue weighted by Crippen LogP contribution is 2.23. The molecule has 0 aromatic heterocycles. The van der Waals surface area contributed by atoms with E-state index >= 15 is 0 Å². The number of nitriles is 1. The van der Waals surface area contributed by atoms with Gasteiger partial charge in [-0.1, -0.05) is 70.2 Å². The zero-order valence-corrected chi connectivity index (χ0v) is 15.5. The van der Waals surface area contributed by atoms with Crippen LogP contribution >= 0.6 is 0 Å². The lowest BCUT2D eigenvalue weighted by Gasteiger charge is -2.09. The van der Waals surface area contributed by atoms with E-state index in [0.29, 0.717) is 5.56 Å². The molecule has 0 heterocycles. The first-order valence-corrected chi connectivity index (χ1v) is 9.46. The number of hydrogen-bond donors (Lipinski definition) is 0. The molecule has 2 nitrogen and oxygen atoms in total. The second-order valence-corrected chi connectivity index (χ2v) is 6.78. The van der Waals surface area contributed by atoms with Gasteiger partial charge in [0.2, 0.25) is 0 Å². The molecule has 132 valence electrons. The normalized spacial score (nSPS) is 11.7. The van der Waals surface area contributed by atoms with E-state index in [9.17, 15) is 0 Å². The zero-order chi connectivity index (χ0) is 17.9. The summed E-state index contributed by atoms with van der Waals surface area (Å²) in [7, 11) is 0. The van der Waals surface area contributed by atoms with E-state index in [0.717, 1.165) is 35.8 Å². The van der Waals surface area contributed by atoms with Gasteiger partial charge in [0.15, 0.2) is 0 Å². The van der Waals surface area contributed by atoms with Gasteiger partial charge in [-0.05, 0) is 47.7 Å². The topological polar surface area (TPSA) is 33.0 Å². The van der Waals surface area contributed by atoms with Crippen molar-refractivity contribution in [3.8, 4) is 22.9 Å². The minimum atomic E-state index is 0.688. The molecule has 2 rings (SSSR count). The Bertz CT molecular complexity index is 652. The highest BCUT2D eigenvalue weighted by Gasteiger charge is 2.01. The standard InChI is InChI=1S/C23H29NO/c1-3-19(2)8-6-4-5-7-17-25-23-15-13-22(14-16-23)21-11-9-20(18-24)10-12-21/h9-16,19H,3-8,17H2,1-2H3/t19-/m1/s1. The number of unbranched alkanes of at least 4 members (excludes halogenated alkanes) is 3. The Labute approximate surface area is 152 Å². The molecule has 0 aliphatic rings. The molecular weight excluding hydrogens is 306 g/mol. The average Bonchev–Trinajstić information content (AvgIpc) is 2.67. The predicted molar refractivity (Wildman–Crippen MR) is 105 cm³/mol. The number of benzene rings is 2. The summed E-state index contributed by atoms with van der Waals surface area (Å²) in [6.45, 7) is 5.40. The van der Waals surface area contributed by atoms with Crippen molar-refractivity contribution in [3.05, 3.63) is 54.1 Å². The first-order valence-electron chi connectivity index (χ1n) is 9.46. The quantitative estimate of drug-likeness (QED) is 0.458. The fraction of sp³-hybridized carbons (Fsp3) is 0.435. The molecule has 0 fully saturated rings. The minimum absolute atomic E-state index is 0.688. The van der Waals surface area contributed by atoms with Gasteiger partial charge in [-0.15, -0.1) is 0 Å². The van der Waals surface area contributed by atoms with Gasteiger partial charge >= 0.3 is 0 Å². The van der Waals surface area contributed by atoms with Crippen molar-refractivity contribution in [1.29, 1.82) is 5.26 Å². The van der Waals surface area contributed by atoms with Crippen molar-refractivity contribution in [2.24, 2.45) is 5.92 Å². The first kappa shape index (κ1) is 19.1. The third-order valence-corrected chi connectivity index (χ3v) is 4.76. The molecule has 0 unspecified atom stereocenters. The van der Waals surface area contributed by atoms with Gasteiger partial charge in [-0.2, -0.15) is 5.26 Å². The van der Waals surface area contributed by atoms with Gasteiger partial charge in [0.25, 0.3) is 0 Å². The van der Waals surface area contributed by atoms with Crippen LogP contribution in [0.1, 0.15) is 57.9 Å². The summed E-state index contributed by atoms with van der Waals surface area (Å²) in [4.78, 5) is 0. The van der Waals surface area contributed by atoms with Gasteiger partial charge in [0, 0.05) is 0 Å².